The summed E-state index contributed by atoms with van der Waals surface area (Å²) < 4.78 is 221. The highest BCUT2D eigenvalue weighted by Crippen LogP contribution is 2.62. The molecule has 3 aromatic rings. The van der Waals surface area contributed by atoms with Crippen LogP contribution in [0.3, 0.4) is 0 Å². The molecule has 18 heteroatoms. The largest absolute Gasteiger partial charge is 0.460 e. The van der Waals surface area contributed by atoms with Crippen molar-refractivity contribution in [3.05, 3.63) is 59.9 Å². The zero-order valence-electron chi connectivity index (χ0n) is 20.9. The molecule has 0 aliphatic heterocycles. The molecular weight excluding hydrogens is 634 g/mol. The summed E-state index contributed by atoms with van der Waals surface area (Å²) in [5, 5.41) is -0.695. The van der Waals surface area contributed by atoms with Crippen molar-refractivity contribution in [3.63, 3.8) is 0 Å². The van der Waals surface area contributed by atoms with E-state index >= 15 is 8.78 Å². The van der Waals surface area contributed by atoms with Crippen LogP contribution >= 0.6 is 0 Å². The average molecular weight is 649 g/mol. The van der Waals surface area contributed by atoms with Gasteiger partial charge in [0.05, 0.1) is 11.3 Å². The number of halogens is 16. The fourth-order valence-corrected chi connectivity index (χ4v) is 4.16. The Labute approximate surface area is 229 Å². The molecule has 238 valence electrons. The number of hydrogen-bond donors (Lipinski definition) is 0. The van der Waals surface area contributed by atoms with Crippen LogP contribution < -0.4 is 0 Å². The number of fused-ring (bicyclic) bond motifs is 1. The molecule has 0 aliphatic carbocycles. The van der Waals surface area contributed by atoms with Crippen molar-refractivity contribution in [2.24, 2.45) is 0 Å². The van der Waals surface area contributed by atoms with Crippen molar-refractivity contribution in [1.29, 1.82) is 0 Å². The molecule has 0 amide bonds. The molecule has 2 nitrogen and oxygen atoms in total. The summed E-state index contributed by atoms with van der Waals surface area (Å²) in [5.41, 5.74) is -2.94. The summed E-state index contributed by atoms with van der Waals surface area (Å²) in [4.78, 5) is 13.0. The van der Waals surface area contributed by atoms with Crippen molar-refractivity contribution < 1.29 is 75.0 Å². The molecular formula is C25H15F16NO. The van der Waals surface area contributed by atoms with Gasteiger partial charge in [-0.3, -0.25) is 4.79 Å². The highest BCUT2D eigenvalue weighted by molar-refractivity contribution is 6.16. The number of aryl methyl sites for hydroxylation is 1. The van der Waals surface area contributed by atoms with E-state index in [1.54, 1.807) is 0 Å². The molecule has 0 N–H and O–H groups in total. The molecule has 0 saturated carbocycles. The Bertz CT molecular complexity index is 1500. The molecule has 43 heavy (non-hydrogen) atoms. The van der Waals surface area contributed by atoms with Crippen molar-refractivity contribution in [2.45, 2.75) is 61.6 Å². The standard InChI is InChI=1S/C25H15F16NO/c1-2-11-42-15-6-4-3-5-14(15)16(17(42)12-7-9-13(26)10-8-12)18(43)19(27,28)20(29,30)21(31,32)22(33,34)23(35,36)24(37,38)25(39,40)41/h3-10H,2,11H2,1H3. The van der Waals surface area contributed by atoms with Gasteiger partial charge in [-0.05, 0) is 42.3 Å². The van der Waals surface area contributed by atoms with Gasteiger partial charge in [0.1, 0.15) is 5.82 Å². The van der Waals surface area contributed by atoms with Crippen LogP contribution in [0, 0.1) is 5.82 Å². The fraction of sp³-hybridized carbons (Fsp3) is 0.400. The Morgan fingerprint density at radius 1 is 0.651 bits per heavy atom. The highest BCUT2D eigenvalue weighted by Gasteiger charge is 2.94. The third-order valence-corrected chi connectivity index (χ3v) is 6.38. The number of carbonyl (C=O) groups excluding carboxylic acids is 1. The second-order valence-corrected chi connectivity index (χ2v) is 9.17. The molecule has 0 radical (unpaired) electrons. The Kier molecular flexibility index (Phi) is 8.16. The van der Waals surface area contributed by atoms with Crippen molar-refractivity contribution in [1.82, 2.24) is 4.57 Å². The van der Waals surface area contributed by atoms with Gasteiger partial charge in [-0.1, -0.05) is 25.1 Å². The second-order valence-electron chi connectivity index (χ2n) is 9.17. The zero-order chi connectivity index (χ0) is 33.2. The molecule has 0 aliphatic rings. The Morgan fingerprint density at radius 2 is 1.12 bits per heavy atom. The molecule has 3 rings (SSSR count). The number of hydrogen-bond acceptors (Lipinski definition) is 1. The monoisotopic (exact) mass is 649 g/mol. The number of para-hydroxylation sites is 1. The van der Waals surface area contributed by atoms with Crippen LogP contribution in [0.1, 0.15) is 23.7 Å². The fourth-order valence-electron chi connectivity index (χ4n) is 4.16. The lowest BCUT2D eigenvalue weighted by atomic mass is 9.87. The van der Waals surface area contributed by atoms with E-state index in [1.165, 1.54) is 13.0 Å². The van der Waals surface area contributed by atoms with E-state index in [-0.39, 0.29) is 24.0 Å². The normalized spacial score (nSPS) is 14.4. The predicted octanol–water partition coefficient (Wildman–Crippen LogP) is 9.41. The van der Waals surface area contributed by atoms with Crippen LogP contribution in [0.5, 0.6) is 0 Å². The number of Topliss-reactive ketones (excluding diaryl/α,β-unsaturated/α-hetero) is 1. The Balaban J connectivity index is 2.31. The van der Waals surface area contributed by atoms with E-state index in [9.17, 15) is 66.3 Å². The van der Waals surface area contributed by atoms with Gasteiger partial charge in [0.15, 0.2) is 0 Å². The number of alkyl halides is 15. The van der Waals surface area contributed by atoms with E-state index in [0.29, 0.717) is 12.1 Å². The maximum absolute atomic E-state index is 15.1. The molecule has 0 bridgehead atoms. The highest BCUT2D eigenvalue weighted by atomic mass is 19.4. The van der Waals surface area contributed by atoms with E-state index in [1.807, 2.05) is 0 Å². The summed E-state index contributed by atoms with van der Waals surface area (Å²) in [6.45, 7) is 1.28. The minimum absolute atomic E-state index is 0.125. The third kappa shape index (κ3) is 4.71. The van der Waals surface area contributed by atoms with Gasteiger partial charge >= 0.3 is 41.7 Å². The van der Waals surface area contributed by atoms with Crippen molar-refractivity contribution in [2.75, 3.05) is 0 Å². The van der Waals surface area contributed by atoms with E-state index in [2.05, 4.69) is 0 Å². The molecule has 0 fully saturated rings. The molecule has 0 unspecified atom stereocenters. The van der Waals surface area contributed by atoms with Crippen LogP contribution in [0.4, 0.5) is 70.2 Å². The van der Waals surface area contributed by atoms with Crippen LogP contribution in [0.15, 0.2) is 48.5 Å². The SMILES string of the molecule is CCCn1c(-c2ccc(F)cc2)c(C(=O)C(F)(F)C(F)(F)C(F)(F)C(F)(F)C(F)(F)C(F)(F)C(F)(F)F)c2ccccc21. The van der Waals surface area contributed by atoms with Crippen LogP contribution in [-0.2, 0) is 6.54 Å². The lowest BCUT2D eigenvalue weighted by Gasteiger charge is -2.41. The smallest absolute Gasteiger partial charge is 0.340 e. The van der Waals surface area contributed by atoms with Crippen molar-refractivity contribution >= 4 is 16.7 Å². The average Bonchev–Trinajstić information content (AvgIpc) is 3.21. The van der Waals surface area contributed by atoms with Crippen molar-refractivity contribution in [3.8, 4) is 11.3 Å². The number of benzene rings is 2. The first-order valence-electron chi connectivity index (χ1n) is 11.6. The van der Waals surface area contributed by atoms with Gasteiger partial charge in [-0.2, -0.15) is 65.9 Å². The number of carbonyl (C=O) groups is 1. The lowest BCUT2D eigenvalue weighted by molar-refractivity contribution is -0.449. The number of rotatable bonds is 10. The van der Waals surface area contributed by atoms with Gasteiger partial charge in [-0.15, -0.1) is 0 Å². The number of ketones is 1. The summed E-state index contributed by atoms with van der Waals surface area (Å²) in [7, 11) is 0. The molecule has 0 saturated heterocycles. The van der Waals surface area contributed by atoms with Gasteiger partial charge in [0, 0.05) is 17.4 Å². The molecule has 2 aromatic carbocycles. The summed E-state index contributed by atoms with van der Waals surface area (Å²) in [6, 6.07) is 7.25. The van der Waals surface area contributed by atoms with Gasteiger partial charge < -0.3 is 4.57 Å². The quantitative estimate of drug-likeness (QED) is 0.159. The first kappa shape index (κ1) is 34.0. The lowest BCUT2D eigenvalue weighted by Crippen LogP contribution is -2.73. The maximum atomic E-state index is 15.1. The number of aromatic nitrogens is 1. The molecule has 1 heterocycles. The molecule has 1 aromatic heterocycles. The van der Waals surface area contributed by atoms with Gasteiger partial charge in [0.25, 0.3) is 0 Å². The molecule has 0 atom stereocenters. The Hall–Kier alpha value is -3.47. The van der Waals surface area contributed by atoms with E-state index in [0.717, 1.165) is 34.9 Å². The van der Waals surface area contributed by atoms with Gasteiger partial charge in [0.2, 0.25) is 5.78 Å². The Morgan fingerprint density at radius 3 is 1.60 bits per heavy atom. The topological polar surface area (TPSA) is 22.0 Å². The van der Waals surface area contributed by atoms with E-state index in [4.69, 9.17) is 0 Å². The number of nitrogens with zero attached hydrogens (tertiary/aromatic N) is 1. The van der Waals surface area contributed by atoms with Crippen LogP contribution in [0.25, 0.3) is 22.2 Å². The van der Waals surface area contributed by atoms with Crippen LogP contribution in [0.2, 0.25) is 0 Å². The van der Waals surface area contributed by atoms with Gasteiger partial charge in [-0.25, -0.2) is 4.39 Å². The first-order chi connectivity index (χ1) is 19.3. The minimum Gasteiger partial charge on any atom is -0.340 e. The summed E-state index contributed by atoms with van der Waals surface area (Å²) in [6.07, 6.45) is -7.62. The second kappa shape index (κ2) is 10.3. The molecule has 0 spiro atoms. The first-order valence-corrected chi connectivity index (χ1v) is 11.6. The van der Waals surface area contributed by atoms with E-state index < -0.39 is 70.0 Å². The van der Waals surface area contributed by atoms with Crippen LogP contribution in [-0.4, -0.2) is 52.1 Å². The summed E-state index contributed by atoms with van der Waals surface area (Å²) in [5.74, 6) is -53.0. The summed E-state index contributed by atoms with van der Waals surface area (Å²) >= 11 is 0. The minimum atomic E-state index is -8.53. The predicted molar refractivity (Wildman–Crippen MR) is 118 cm³/mol. The third-order valence-electron chi connectivity index (χ3n) is 6.38. The zero-order valence-corrected chi connectivity index (χ0v) is 20.9. The maximum Gasteiger partial charge on any atom is 0.460 e.